The molecule has 0 heterocycles. The largest absolute Gasteiger partial charge is 0.314 e. The van der Waals surface area contributed by atoms with Gasteiger partial charge in [0.25, 0.3) is 0 Å². The molecule has 0 bridgehead atoms. The van der Waals surface area contributed by atoms with Crippen molar-refractivity contribution in [2.24, 2.45) is 11.3 Å². The highest BCUT2D eigenvalue weighted by Gasteiger charge is 2.27. The lowest BCUT2D eigenvalue weighted by Gasteiger charge is -2.33. The fourth-order valence-electron chi connectivity index (χ4n) is 2.57. The highest BCUT2D eigenvalue weighted by atomic mass is 14.9. The van der Waals surface area contributed by atoms with Gasteiger partial charge in [0.1, 0.15) is 0 Å². The molecule has 0 aliphatic heterocycles. The summed E-state index contributed by atoms with van der Waals surface area (Å²) in [4.78, 5) is 0. The van der Waals surface area contributed by atoms with E-state index >= 15 is 0 Å². The van der Waals surface area contributed by atoms with E-state index in [-0.39, 0.29) is 0 Å². The third-order valence-corrected chi connectivity index (χ3v) is 3.54. The third kappa shape index (κ3) is 3.61. The minimum atomic E-state index is 0.415. The second kappa shape index (κ2) is 5.16. The van der Waals surface area contributed by atoms with E-state index in [9.17, 15) is 0 Å². The lowest BCUT2D eigenvalue weighted by atomic mass is 9.81. The molecular formula is C13H27N. The van der Waals surface area contributed by atoms with Crippen LogP contribution in [0.3, 0.4) is 0 Å². The van der Waals surface area contributed by atoms with Crippen LogP contribution in [0, 0.1) is 11.3 Å². The molecule has 0 spiro atoms. The van der Waals surface area contributed by atoms with E-state index < -0.39 is 0 Å². The summed E-state index contributed by atoms with van der Waals surface area (Å²) in [5.74, 6) is 0.998. The average Bonchev–Trinajstić information content (AvgIpc) is 2.54. The van der Waals surface area contributed by atoms with Gasteiger partial charge in [-0.1, -0.05) is 53.4 Å². The summed E-state index contributed by atoms with van der Waals surface area (Å²) >= 11 is 0. The fourth-order valence-corrected chi connectivity index (χ4v) is 2.57. The summed E-state index contributed by atoms with van der Waals surface area (Å²) in [6.45, 7) is 10.4. The minimum Gasteiger partial charge on any atom is -0.314 e. The van der Waals surface area contributed by atoms with Crippen molar-refractivity contribution >= 4 is 0 Å². The Kier molecular flexibility index (Phi) is 4.43. The van der Waals surface area contributed by atoms with E-state index in [4.69, 9.17) is 0 Å². The molecule has 0 radical (unpaired) electrons. The highest BCUT2D eigenvalue weighted by Crippen LogP contribution is 2.33. The second-order valence-electron chi connectivity index (χ2n) is 5.86. The maximum atomic E-state index is 3.65. The minimum absolute atomic E-state index is 0.415. The van der Waals surface area contributed by atoms with Crippen LogP contribution in [0.1, 0.15) is 59.8 Å². The molecule has 84 valence electrons. The molecule has 0 aromatic heterocycles. The SMILES string of the molecule is CCNC(CC1CCCC1)C(C)(C)C. The molecule has 1 N–H and O–H groups in total. The van der Waals surface area contributed by atoms with E-state index in [2.05, 4.69) is 33.0 Å². The van der Waals surface area contributed by atoms with Crippen LogP contribution in [0.25, 0.3) is 0 Å². The van der Waals surface area contributed by atoms with Crippen molar-refractivity contribution in [3.05, 3.63) is 0 Å². The maximum absolute atomic E-state index is 3.65. The number of hydrogen-bond acceptors (Lipinski definition) is 1. The summed E-state index contributed by atoms with van der Waals surface area (Å²) in [5.41, 5.74) is 0.415. The van der Waals surface area contributed by atoms with Crippen molar-refractivity contribution in [1.29, 1.82) is 0 Å². The summed E-state index contributed by atoms with van der Waals surface area (Å²) in [7, 11) is 0. The highest BCUT2D eigenvalue weighted by molar-refractivity contribution is 4.83. The smallest absolute Gasteiger partial charge is 0.0118 e. The molecule has 1 fully saturated rings. The zero-order valence-corrected chi connectivity index (χ0v) is 10.4. The standard InChI is InChI=1S/C13H27N/c1-5-14-12(13(2,3)4)10-11-8-6-7-9-11/h11-12,14H,5-10H2,1-4H3. The van der Waals surface area contributed by atoms with Gasteiger partial charge >= 0.3 is 0 Å². The molecule has 1 aliphatic rings. The Morgan fingerprint density at radius 3 is 2.21 bits per heavy atom. The van der Waals surface area contributed by atoms with Gasteiger partial charge in [0.15, 0.2) is 0 Å². The van der Waals surface area contributed by atoms with Crippen molar-refractivity contribution in [3.8, 4) is 0 Å². The van der Waals surface area contributed by atoms with E-state index in [0.29, 0.717) is 11.5 Å². The van der Waals surface area contributed by atoms with Gasteiger partial charge in [-0.25, -0.2) is 0 Å². The Balaban J connectivity index is 2.41. The Morgan fingerprint density at radius 1 is 1.21 bits per heavy atom. The summed E-state index contributed by atoms with van der Waals surface area (Å²) in [6.07, 6.45) is 7.26. The quantitative estimate of drug-likeness (QED) is 0.726. The molecule has 0 saturated heterocycles. The van der Waals surface area contributed by atoms with E-state index in [0.717, 1.165) is 12.5 Å². The molecule has 1 aliphatic carbocycles. The molecule has 14 heavy (non-hydrogen) atoms. The average molecular weight is 197 g/mol. The first-order valence-corrected chi connectivity index (χ1v) is 6.27. The molecule has 1 heteroatoms. The van der Waals surface area contributed by atoms with Gasteiger partial charge in [0.05, 0.1) is 0 Å². The Morgan fingerprint density at radius 2 is 1.79 bits per heavy atom. The monoisotopic (exact) mass is 197 g/mol. The Labute approximate surface area is 89.7 Å². The zero-order valence-electron chi connectivity index (χ0n) is 10.4. The van der Waals surface area contributed by atoms with Crippen molar-refractivity contribution in [3.63, 3.8) is 0 Å². The lowest BCUT2D eigenvalue weighted by molar-refractivity contribution is 0.228. The van der Waals surface area contributed by atoms with Crippen LogP contribution < -0.4 is 5.32 Å². The fraction of sp³-hybridized carbons (Fsp3) is 1.00. The van der Waals surface area contributed by atoms with Crippen molar-refractivity contribution in [1.82, 2.24) is 5.32 Å². The predicted molar refractivity (Wildman–Crippen MR) is 63.5 cm³/mol. The molecule has 1 rings (SSSR count). The summed E-state index contributed by atoms with van der Waals surface area (Å²) in [6, 6.07) is 0.704. The topological polar surface area (TPSA) is 12.0 Å². The molecule has 0 aromatic rings. The second-order valence-corrected chi connectivity index (χ2v) is 5.86. The van der Waals surface area contributed by atoms with Crippen molar-refractivity contribution in [2.45, 2.75) is 65.8 Å². The van der Waals surface area contributed by atoms with Gasteiger partial charge < -0.3 is 5.32 Å². The molecule has 0 aromatic carbocycles. The van der Waals surface area contributed by atoms with Crippen LogP contribution in [-0.4, -0.2) is 12.6 Å². The third-order valence-electron chi connectivity index (χ3n) is 3.54. The zero-order chi connectivity index (χ0) is 10.6. The molecule has 0 amide bonds. The van der Waals surface area contributed by atoms with E-state index in [1.54, 1.807) is 0 Å². The van der Waals surface area contributed by atoms with Gasteiger partial charge in [0.2, 0.25) is 0 Å². The normalized spacial score (nSPS) is 21.4. The van der Waals surface area contributed by atoms with Gasteiger partial charge in [0, 0.05) is 6.04 Å². The van der Waals surface area contributed by atoms with Crippen LogP contribution in [0.5, 0.6) is 0 Å². The van der Waals surface area contributed by atoms with Crippen LogP contribution in [-0.2, 0) is 0 Å². The number of hydrogen-bond donors (Lipinski definition) is 1. The van der Waals surface area contributed by atoms with Gasteiger partial charge in [-0.2, -0.15) is 0 Å². The first-order valence-electron chi connectivity index (χ1n) is 6.27. The summed E-state index contributed by atoms with van der Waals surface area (Å²) < 4.78 is 0. The Hall–Kier alpha value is -0.0400. The van der Waals surface area contributed by atoms with E-state index in [1.807, 2.05) is 0 Å². The van der Waals surface area contributed by atoms with Crippen LogP contribution >= 0.6 is 0 Å². The van der Waals surface area contributed by atoms with Crippen molar-refractivity contribution in [2.75, 3.05) is 6.54 Å². The molecular weight excluding hydrogens is 170 g/mol. The molecule has 1 atom stereocenters. The molecule has 1 saturated carbocycles. The maximum Gasteiger partial charge on any atom is 0.0118 e. The van der Waals surface area contributed by atoms with E-state index in [1.165, 1.54) is 32.1 Å². The summed E-state index contributed by atoms with van der Waals surface area (Å²) in [5, 5.41) is 3.65. The van der Waals surface area contributed by atoms with Gasteiger partial charge in [-0.15, -0.1) is 0 Å². The lowest BCUT2D eigenvalue weighted by Crippen LogP contribution is -2.41. The first kappa shape index (κ1) is 12.0. The van der Waals surface area contributed by atoms with Crippen molar-refractivity contribution < 1.29 is 0 Å². The van der Waals surface area contributed by atoms with Gasteiger partial charge in [-0.05, 0) is 24.3 Å². The van der Waals surface area contributed by atoms with Crippen LogP contribution in [0.2, 0.25) is 0 Å². The number of nitrogens with one attached hydrogen (secondary N) is 1. The molecule has 1 unspecified atom stereocenters. The molecule has 1 nitrogen and oxygen atoms in total. The first-order chi connectivity index (χ1) is 6.54. The van der Waals surface area contributed by atoms with Crippen LogP contribution in [0.4, 0.5) is 0 Å². The van der Waals surface area contributed by atoms with Crippen LogP contribution in [0.15, 0.2) is 0 Å². The number of rotatable bonds is 4. The van der Waals surface area contributed by atoms with Gasteiger partial charge in [-0.3, -0.25) is 0 Å². The predicted octanol–water partition coefficient (Wildman–Crippen LogP) is 3.59. The Bertz CT molecular complexity index is 151.